The van der Waals surface area contributed by atoms with Crippen molar-refractivity contribution in [1.29, 1.82) is 0 Å². The molecule has 8 aromatic heterocycles. The van der Waals surface area contributed by atoms with E-state index in [2.05, 4.69) is 136 Å². The van der Waals surface area contributed by atoms with Crippen molar-refractivity contribution in [2.75, 3.05) is 44.2 Å². The molecule has 4 atom stereocenters. The molecule has 8 aromatic rings. The number of rotatable bonds is 33. The number of hydrogen-bond donors (Lipinski definition) is 8. The van der Waals surface area contributed by atoms with Crippen LogP contribution in [0.2, 0.25) is 0 Å². The van der Waals surface area contributed by atoms with Crippen molar-refractivity contribution in [3.8, 4) is 0 Å². The average Bonchev–Trinajstić information content (AvgIpc) is 0.828. The van der Waals surface area contributed by atoms with Gasteiger partial charge in [0, 0.05) is 72.5 Å². The van der Waals surface area contributed by atoms with Gasteiger partial charge < -0.3 is 63.4 Å². The Hall–Kier alpha value is -9.03. The molecular formula is C70H103FN20O4. The Kier molecular flexibility index (Phi) is 29.5. The van der Waals surface area contributed by atoms with E-state index in [0.29, 0.717) is 88.5 Å². The highest BCUT2D eigenvalue weighted by molar-refractivity contribution is 5.89. The van der Waals surface area contributed by atoms with Crippen LogP contribution in [0.1, 0.15) is 223 Å². The summed E-state index contributed by atoms with van der Waals surface area (Å²) < 4.78 is 13.4. The van der Waals surface area contributed by atoms with E-state index in [4.69, 9.17) is 22.9 Å². The van der Waals surface area contributed by atoms with Gasteiger partial charge in [0.05, 0.1) is 28.3 Å². The first-order chi connectivity index (χ1) is 45.0. The Morgan fingerprint density at radius 1 is 0.400 bits per heavy atom. The summed E-state index contributed by atoms with van der Waals surface area (Å²) in [6, 6.07) is 10.6. The fourth-order valence-corrected chi connectivity index (χ4v) is 10.9. The summed E-state index contributed by atoms with van der Waals surface area (Å²) in [6.45, 7) is 25.5. The molecular weight excluding hydrogens is 1200 g/mol. The van der Waals surface area contributed by atoms with Crippen LogP contribution < -0.4 is 44.2 Å². The van der Waals surface area contributed by atoms with Gasteiger partial charge in [0.2, 0.25) is 23.8 Å². The minimum atomic E-state index is -0.475. The van der Waals surface area contributed by atoms with E-state index in [-0.39, 0.29) is 69.1 Å². The first-order valence-electron chi connectivity index (χ1n) is 33.4. The van der Waals surface area contributed by atoms with Crippen molar-refractivity contribution < 1.29 is 23.6 Å². The quantitative estimate of drug-likeness (QED) is 0.0177. The first-order valence-corrected chi connectivity index (χ1v) is 33.4. The molecule has 0 unspecified atom stereocenters. The second kappa shape index (κ2) is 36.6. The number of unbranched alkanes of at least 4 members (excludes halogenated alkanes) is 5. The lowest BCUT2D eigenvalue weighted by Gasteiger charge is -2.32. The molecule has 0 aliphatic rings. The number of pyridine rings is 4. The van der Waals surface area contributed by atoms with E-state index >= 15 is 0 Å². The zero-order valence-electron chi connectivity index (χ0n) is 58.3. The van der Waals surface area contributed by atoms with Gasteiger partial charge in [0.1, 0.15) is 51.0 Å². The molecule has 0 fully saturated rings. The number of hydrogen-bond acceptors (Lipinski definition) is 24. The number of nitrogens with one attached hydrogen (secondary N) is 4. The first kappa shape index (κ1) is 76.7. The highest BCUT2D eigenvalue weighted by Gasteiger charge is 2.30. The maximum absolute atomic E-state index is 13.4. The van der Waals surface area contributed by atoms with Crippen LogP contribution in [0.3, 0.4) is 0 Å². The van der Waals surface area contributed by atoms with Crippen molar-refractivity contribution in [3.05, 3.63) is 72.6 Å². The molecule has 8 rings (SSSR count). The summed E-state index contributed by atoms with van der Waals surface area (Å²) in [6.07, 6.45) is 25.0. The highest BCUT2D eigenvalue weighted by Crippen LogP contribution is 2.33. The third-order valence-electron chi connectivity index (χ3n) is 16.5. The van der Waals surface area contributed by atoms with Gasteiger partial charge in [-0.25, -0.2) is 29.3 Å². The number of aryl methyl sites for hydroxylation is 1. The van der Waals surface area contributed by atoms with Gasteiger partial charge >= 0.3 is 0 Å². The molecule has 0 spiro atoms. The maximum atomic E-state index is 13.4. The Morgan fingerprint density at radius 3 is 1.02 bits per heavy atom. The fourth-order valence-electron chi connectivity index (χ4n) is 10.9. The van der Waals surface area contributed by atoms with E-state index in [0.717, 1.165) is 119 Å². The van der Waals surface area contributed by atoms with Gasteiger partial charge in [-0.15, -0.1) is 0 Å². The van der Waals surface area contributed by atoms with E-state index in [9.17, 15) is 23.6 Å². The molecule has 0 radical (unpaired) electrons. The van der Waals surface area contributed by atoms with Gasteiger partial charge in [-0.1, -0.05) is 85.5 Å². The van der Waals surface area contributed by atoms with Crippen LogP contribution in [0.4, 0.5) is 51.5 Å². The zero-order chi connectivity index (χ0) is 69.9. The van der Waals surface area contributed by atoms with Crippen LogP contribution in [0, 0.1) is 12.7 Å². The highest BCUT2D eigenvalue weighted by atomic mass is 19.1. The van der Waals surface area contributed by atoms with Crippen LogP contribution >= 0.6 is 0 Å². The number of nitrogen functional groups attached to an aromatic ring is 4. The number of halogens is 1. The molecule has 12 N–H and O–H groups in total. The van der Waals surface area contributed by atoms with E-state index < -0.39 is 5.82 Å². The summed E-state index contributed by atoms with van der Waals surface area (Å²) in [7, 11) is 0. The predicted molar refractivity (Wildman–Crippen MR) is 382 cm³/mol. The van der Waals surface area contributed by atoms with Crippen LogP contribution in [0.25, 0.3) is 44.1 Å². The summed E-state index contributed by atoms with van der Waals surface area (Å²) >= 11 is 0. The number of carbonyl (C=O) groups is 4. The fraction of sp³-hybridized carbons (Fsp3) is 0.543. The van der Waals surface area contributed by atoms with Crippen molar-refractivity contribution in [3.63, 3.8) is 0 Å². The van der Waals surface area contributed by atoms with Crippen LogP contribution in [0.5, 0.6) is 0 Å². The molecule has 0 aliphatic heterocycles. The Balaban J connectivity index is 0.000000229. The van der Waals surface area contributed by atoms with Gasteiger partial charge in [-0.3, -0.25) is 15.0 Å². The number of aromatic nitrogens is 12. The second-order valence-corrected chi connectivity index (χ2v) is 26.2. The predicted octanol–water partition coefficient (Wildman–Crippen LogP) is 14.2. The van der Waals surface area contributed by atoms with Crippen molar-refractivity contribution in [2.45, 2.75) is 247 Å². The number of fused-ring (bicyclic) bond motifs is 4. The van der Waals surface area contributed by atoms with Crippen LogP contribution in [-0.2, 0) is 19.2 Å². The SMILES string of the molecule is CCCCC[C@@](C)(CCC(C)=O)Nc1nc(N)nc2cccnc12.CCCC[C@@](C)(CCC(C)=O)Nc1nc(N)nc2cc(C)cnc12.CCCC[C@@](C)(CCC(C)=O)Nc1nc(N)nc2cc(F)cnc12.CCCC[C@@](C)(CCC(C)=O)Nc1nc(N)nc2cccnc12. The standard InChI is InChI=1S/2C18H27N5O.C17H24FN5O.C17H25N5O/c1-5-6-8-18(4,9-7-13(3)24)23-16-15-14(21-17(19)22-16)10-12(2)11-20-15;1-4-5-6-10-18(3,11-9-13(2)24)23-16-15-14(8-7-12-20-15)21-17(19)22-16;1-4-5-7-17(3,8-6-11(2)24)23-15-14-13(21-16(19)22-15)9-12(18)10-20-14;1-4-5-9-17(3,10-8-12(2)23)22-15-14-13(7-6-11-19-14)20-16(18)21-15/h10-11H,5-9H2,1-4H3,(H3,19,21,22,23);7-8,12H,4-6,9-11H2,1-3H3,(H3,19,21,22,23);9-10H,4-8H2,1-3H3,(H3,19,21,22,23);6-7,11H,4-5,8-10H2,1-3H3,(H3,18,20,21,22)/t2*18-;2*17-/m0000/s1. The Morgan fingerprint density at radius 2 is 0.695 bits per heavy atom. The van der Waals surface area contributed by atoms with E-state index in [1.165, 1.54) is 12.5 Å². The average molecular weight is 1310 g/mol. The number of nitrogens with two attached hydrogens (primary N) is 4. The molecule has 95 heavy (non-hydrogen) atoms. The molecule has 0 aliphatic carbocycles. The Labute approximate surface area is 559 Å². The summed E-state index contributed by atoms with van der Waals surface area (Å²) in [4.78, 5) is 97.0. The largest absolute Gasteiger partial charge is 0.368 e. The Bertz CT molecular complexity index is 3710. The zero-order valence-corrected chi connectivity index (χ0v) is 58.3. The molecule has 514 valence electrons. The third kappa shape index (κ3) is 25.3. The minimum Gasteiger partial charge on any atom is -0.368 e. The number of carbonyl (C=O) groups excluding carboxylic acids is 4. The number of ketones is 4. The maximum Gasteiger partial charge on any atom is 0.222 e. The molecule has 0 saturated carbocycles. The number of anilines is 8. The lowest BCUT2D eigenvalue weighted by atomic mass is 9.88. The van der Waals surface area contributed by atoms with Gasteiger partial charge in [-0.05, 0) is 150 Å². The lowest BCUT2D eigenvalue weighted by Crippen LogP contribution is -2.36. The molecule has 24 nitrogen and oxygen atoms in total. The summed E-state index contributed by atoms with van der Waals surface area (Å²) in [5, 5.41) is 13.9. The van der Waals surface area contributed by atoms with E-state index in [1.807, 2.05) is 37.3 Å². The monoisotopic (exact) mass is 1310 g/mol. The van der Waals surface area contributed by atoms with Crippen LogP contribution in [-0.4, -0.2) is 105 Å². The molecule has 8 heterocycles. The molecule has 0 aromatic carbocycles. The normalized spacial score (nSPS) is 13.7. The summed E-state index contributed by atoms with van der Waals surface area (Å²) in [5.41, 5.74) is 28.4. The van der Waals surface area contributed by atoms with Gasteiger partial charge in [0.15, 0.2) is 23.3 Å². The smallest absolute Gasteiger partial charge is 0.222 e. The van der Waals surface area contributed by atoms with Gasteiger partial charge in [-0.2, -0.15) is 19.9 Å². The molecule has 0 amide bonds. The molecule has 0 saturated heterocycles. The summed E-state index contributed by atoms with van der Waals surface area (Å²) in [5.74, 6) is 3.36. The number of Topliss-reactive ketones (excluding diaryl/α,β-unsaturated/α-hetero) is 4. The van der Waals surface area contributed by atoms with Crippen molar-refractivity contribution in [1.82, 2.24) is 59.8 Å². The van der Waals surface area contributed by atoms with Gasteiger partial charge in [0.25, 0.3) is 0 Å². The third-order valence-corrected chi connectivity index (χ3v) is 16.5. The topological polar surface area (TPSA) is 375 Å². The number of nitrogens with zero attached hydrogens (tertiary/aromatic N) is 12. The lowest BCUT2D eigenvalue weighted by molar-refractivity contribution is -0.118. The molecule has 25 heteroatoms. The minimum absolute atomic E-state index is 0.0572. The second-order valence-electron chi connectivity index (χ2n) is 26.2. The van der Waals surface area contributed by atoms with Crippen molar-refractivity contribution in [2.24, 2.45) is 0 Å². The van der Waals surface area contributed by atoms with E-state index in [1.54, 1.807) is 46.3 Å². The molecule has 0 bridgehead atoms. The van der Waals surface area contributed by atoms with Crippen LogP contribution in [0.15, 0.2) is 61.2 Å². The van der Waals surface area contributed by atoms with Crippen molar-refractivity contribution >= 4 is 114 Å².